The lowest BCUT2D eigenvalue weighted by molar-refractivity contribution is -0.162. The summed E-state index contributed by atoms with van der Waals surface area (Å²) in [5.41, 5.74) is -2.91. The molecule has 1 saturated carbocycles. The lowest BCUT2D eigenvalue weighted by Gasteiger charge is -2.40. The highest BCUT2D eigenvalue weighted by molar-refractivity contribution is 6.07. The number of ether oxygens (including phenoxy) is 5. The number of esters is 1. The molecular formula is C28H26O8. The van der Waals surface area contributed by atoms with Crippen molar-refractivity contribution in [1.82, 2.24) is 0 Å². The van der Waals surface area contributed by atoms with E-state index in [1.807, 2.05) is 6.07 Å². The van der Waals surface area contributed by atoms with Crippen LogP contribution in [0, 0.1) is 5.92 Å². The number of benzene rings is 3. The molecule has 2 aliphatic rings. The summed E-state index contributed by atoms with van der Waals surface area (Å²) in [6.07, 6.45) is 0. The van der Waals surface area contributed by atoms with Crippen molar-refractivity contribution in [3.8, 4) is 23.0 Å². The third kappa shape index (κ3) is 3.04. The summed E-state index contributed by atoms with van der Waals surface area (Å²) in [6.45, 7) is 0. The minimum atomic E-state index is -2.31. The summed E-state index contributed by atoms with van der Waals surface area (Å²) in [5, 5.41) is 12.4. The monoisotopic (exact) mass is 490 g/mol. The second kappa shape index (κ2) is 8.57. The number of carbonyl (C=O) groups excluding carboxylic acids is 2. The van der Waals surface area contributed by atoms with E-state index >= 15 is 0 Å². The molecule has 1 heterocycles. The van der Waals surface area contributed by atoms with Gasteiger partial charge in [-0.05, 0) is 17.7 Å². The molecule has 0 amide bonds. The van der Waals surface area contributed by atoms with Crippen molar-refractivity contribution < 1.29 is 38.4 Å². The molecule has 0 radical (unpaired) electrons. The first-order valence-corrected chi connectivity index (χ1v) is 11.4. The quantitative estimate of drug-likeness (QED) is 0.525. The molecule has 36 heavy (non-hydrogen) atoms. The maximum absolute atomic E-state index is 14.5. The first-order valence-electron chi connectivity index (χ1n) is 11.4. The predicted octanol–water partition coefficient (Wildman–Crippen LogP) is 3.34. The van der Waals surface area contributed by atoms with Gasteiger partial charge in [0.1, 0.15) is 28.9 Å². The van der Waals surface area contributed by atoms with Gasteiger partial charge < -0.3 is 28.8 Å². The predicted molar refractivity (Wildman–Crippen MR) is 128 cm³/mol. The van der Waals surface area contributed by atoms with Crippen LogP contribution in [0.3, 0.4) is 0 Å². The molecule has 0 aromatic heterocycles. The Morgan fingerprint density at radius 3 is 2.14 bits per heavy atom. The summed E-state index contributed by atoms with van der Waals surface area (Å²) in [7, 11) is 5.67. The Hall–Kier alpha value is -4.04. The number of rotatable bonds is 6. The third-order valence-electron chi connectivity index (χ3n) is 7.18. The first-order chi connectivity index (χ1) is 17.4. The smallest absolute Gasteiger partial charge is 0.313 e. The van der Waals surface area contributed by atoms with E-state index in [9.17, 15) is 14.7 Å². The highest BCUT2D eigenvalue weighted by Crippen LogP contribution is 2.66. The number of aliphatic hydroxyl groups is 1. The Morgan fingerprint density at radius 2 is 1.56 bits per heavy atom. The fourth-order valence-corrected chi connectivity index (χ4v) is 5.62. The van der Waals surface area contributed by atoms with Gasteiger partial charge in [-0.1, -0.05) is 42.5 Å². The SMILES string of the molecule is COC(=O)C1C(c2ccccc2)[C@]2(c3ccc(OC)cc3)Oc3cc(OC)cc(OC)c3[C@@]1(O)C2=O. The number of carbonyl (C=O) groups is 2. The van der Waals surface area contributed by atoms with Crippen LogP contribution in [-0.4, -0.2) is 45.3 Å². The largest absolute Gasteiger partial charge is 0.497 e. The minimum Gasteiger partial charge on any atom is -0.497 e. The van der Waals surface area contributed by atoms with Crippen LogP contribution < -0.4 is 18.9 Å². The molecule has 1 aliphatic carbocycles. The van der Waals surface area contributed by atoms with E-state index in [2.05, 4.69) is 0 Å². The Labute approximate surface area is 208 Å². The lowest BCUT2D eigenvalue weighted by Crippen LogP contribution is -2.51. The molecule has 0 saturated heterocycles. The topological polar surface area (TPSA) is 101 Å². The highest BCUT2D eigenvalue weighted by Gasteiger charge is 2.77. The van der Waals surface area contributed by atoms with Crippen LogP contribution in [0.1, 0.15) is 22.6 Å². The number of hydrogen-bond donors (Lipinski definition) is 1. The van der Waals surface area contributed by atoms with Gasteiger partial charge in [0.05, 0.1) is 39.9 Å². The van der Waals surface area contributed by atoms with Crippen LogP contribution in [0.15, 0.2) is 66.7 Å². The zero-order valence-corrected chi connectivity index (χ0v) is 20.3. The van der Waals surface area contributed by atoms with Crippen molar-refractivity contribution in [3.63, 3.8) is 0 Å². The van der Waals surface area contributed by atoms with Crippen LogP contribution >= 0.6 is 0 Å². The second-order valence-corrected chi connectivity index (χ2v) is 8.75. The minimum absolute atomic E-state index is 0.0637. The van der Waals surface area contributed by atoms with Gasteiger partial charge in [-0.2, -0.15) is 0 Å². The third-order valence-corrected chi connectivity index (χ3v) is 7.18. The number of Topliss-reactive ketones (excluding diaryl/α,β-unsaturated/α-hetero) is 1. The summed E-state index contributed by atoms with van der Waals surface area (Å²) in [4.78, 5) is 27.9. The van der Waals surface area contributed by atoms with Crippen molar-refractivity contribution in [2.75, 3.05) is 28.4 Å². The van der Waals surface area contributed by atoms with E-state index in [4.69, 9.17) is 23.7 Å². The normalized spacial score (nSPS) is 26.0. The molecule has 2 unspecified atom stereocenters. The molecule has 1 N–H and O–H groups in total. The molecular weight excluding hydrogens is 464 g/mol. The van der Waals surface area contributed by atoms with Gasteiger partial charge in [-0.15, -0.1) is 0 Å². The highest BCUT2D eigenvalue weighted by atomic mass is 16.5. The molecule has 5 rings (SSSR count). The molecule has 1 aliphatic heterocycles. The fourth-order valence-electron chi connectivity index (χ4n) is 5.62. The zero-order valence-electron chi connectivity index (χ0n) is 20.3. The number of hydrogen-bond acceptors (Lipinski definition) is 8. The molecule has 8 nitrogen and oxygen atoms in total. The van der Waals surface area contributed by atoms with Gasteiger partial charge in [0.25, 0.3) is 0 Å². The van der Waals surface area contributed by atoms with E-state index in [1.54, 1.807) is 61.7 Å². The average Bonchev–Trinajstić information content (AvgIpc) is 3.05. The van der Waals surface area contributed by atoms with Crippen molar-refractivity contribution in [3.05, 3.63) is 83.4 Å². The molecule has 1 fully saturated rings. The van der Waals surface area contributed by atoms with Gasteiger partial charge in [-0.3, -0.25) is 9.59 Å². The van der Waals surface area contributed by atoms with E-state index < -0.39 is 34.8 Å². The van der Waals surface area contributed by atoms with Crippen LogP contribution in [0.2, 0.25) is 0 Å². The fraction of sp³-hybridized carbons (Fsp3) is 0.286. The Kier molecular flexibility index (Phi) is 5.64. The Balaban J connectivity index is 1.90. The van der Waals surface area contributed by atoms with Crippen molar-refractivity contribution in [2.45, 2.75) is 17.1 Å². The Bertz CT molecular complexity index is 1320. The van der Waals surface area contributed by atoms with Crippen LogP contribution in [0.4, 0.5) is 0 Å². The Morgan fingerprint density at radius 1 is 0.889 bits per heavy atom. The molecule has 8 heteroatoms. The van der Waals surface area contributed by atoms with Gasteiger partial charge in [-0.25, -0.2) is 0 Å². The van der Waals surface area contributed by atoms with E-state index in [0.29, 0.717) is 22.6 Å². The lowest BCUT2D eigenvalue weighted by atomic mass is 9.75. The standard InChI is InChI=1S/C28H26O8/c1-32-18-12-10-17(11-13-18)28-22(16-8-6-5-7-9-16)24(25(29)35-4)27(31,26(28)30)23-20(34-3)14-19(33-2)15-21(23)36-28/h5-15,22,24,31H,1-4H3/t22?,24?,27-,28-/m0/s1. The van der Waals surface area contributed by atoms with Crippen molar-refractivity contribution in [1.29, 1.82) is 0 Å². The number of ketones is 1. The van der Waals surface area contributed by atoms with Crippen molar-refractivity contribution >= 4 is 11.8 Å². The van der Waals surface area contributed by atoms with Crippen LogP contribution in [0.5, 0.6) is 23.0 Å². The molecule has 3 aromatic rings. The molecule has 3 aromatic carbocycles. The number of fused-ring (bicyclic) bond motifs is 4. The first kappa shape index (κ1) is 23.7. The van der Waals surface area contributed by atoms with E-state index in [-0.39, 0.29) is 17.1 Å². The van der Waals surface area contributed by atoms with Crippen molar-refractivity contribution in [2.24, 2.45) is 5.92 Å². The summed E-state index contributed by atoms with van der Waals surface area (Å²) in [6, 6.07) is 19.0. The van der Waals surface area contributed by atoms with Gasteiger partial charge in [0, 0.05) is 17.7 Å². The van der Waals surface area contributed by atoms with Gasteiger partial charge >= 0.3 is 5.97 Å². The molecule has 2 bridgehead atoms. The average molecular weight is 491 g/mol. The van der Waals surface area contributed by atoms with Crippen LogP contribution in [0.25, 0.3) is 0 Å². The molecule has 4 atom stereocenters. The zero-order chi connectivity index (χ0) is 25.7. The molecule has 0 spiro atoms. The second-order valence-electron chi connectivity index (χ2n) is 8.75. The summed E-state index contributed by atoms with van der Waals surface area (Å²) in [5.74, 6) is -2.37. The summed E-state index contributed by atoms with van der Waals surface area (Å²) < 4.78 is 28.0. The van der Waals surface area contributed by atoms with Gasteiger partial charge in [0.15, 0.2) is 5.60 Å². The maximum Gasteiger partial charge on any atom is 0.313 e. The van der Waals surface area contributed by atoms with Gasteiger partial charge in [0.2, 0.25) is 11.4 Å². The van der Waals surface area contributed by atoms with Crippen LogP contribution in [-0.2, 0) is 25.5 Å². The number of methoxy groups -OCH3 is 4. The maximum atomic E-state index is 14.5. The summed E-state index contributed by atoms with van der Waals surface area (Å²) >= 11 is 0. The molecule has 186 valence electrons. The van der Waals surface area contributed by atoms with E-state index in [0.717, 1.165) is 0 Å². The van der Waals surface area contributed by atoms with E-state index in [1.165, 1.54) is 27.4 Å².